The Bertz CT molecular complexity index is 398. The average molecular weight is 262 g/mol. The van der Waals surface area contributed by atoms with E-state index >= 15 is 0 Å². The molecule has 96 valence electrons. The van der Waals surface area contributed by atoms with Crippen LogP contribution in [0.4, 0.5) is 0 Å². The molecule has 1 fully saturated rings. The van der Waals surface area contributed by atoms with Gasteiger partial charge >= 0.3 is 0 Å². The highest BCUT2D eigenvalue weighted by atomic mass is 35.5. The maximum absolute atomic E-state index is 5.89. The van der Waals surface area contributed by atoms with Crippen molar-refractivity contribution in [3.63, 3.8) is 0 Å². The molecule has 0 atom stereocenters. The van der Waals surface area contributed by atoms with Crippen molar-refractivity contribution in [3.05, 3.63) is 34.9 Å². The third-order valence-corrected chi connectivity index (χ3v) is 3.91. The first-order valence-electron chi connectivity index (χ1n) is 6.72. The van der Waals surface area contributed by atoms with Gasteiger partial charge in [0.2, 0.25) is 0 Å². The molecule has 1 N–H and O–H groups in total. The highest BCUT2D eigenvalue weighted by Crippen LogP contribution is 2.37. The van der Waals surface area contributed by atoms with Gasteiger partial charge in [0.1, 0.15) is 0 Å². The monoisotopic (exact) mass is 261 g/mol. The highest BCUT2D eigenvalue weighted by molar-refractivity contribution is 6.30. The largest absolute Gasteiger partial charge is 0.314 e. The molecule has 1 aromatic rings. The summed E-state index contributed by atoms with van der Waals surface area (Å²) in [7, 11) is 0. The van der Waals surface area contributed by atoms with E-state index in [1.54, 1.807) is 0 Å². The zero-order valence-electron chi connectivity index (χ0n) is 10.7. The van der Waals surface area contributed by atoms with Gasteiger partial charge in [0.05, 0.1) is 0 Å². The second-order valence-electron chi connectivity index (χ2n) is 5.03. The number of terminal acetylenes is 1. The molecule has 0 aliphatic heterocycles. The summed E-state index contributed by atoms with van der Waals surface area (Å²) >= 11 is 5.89. The Kier molecular flexibility index (Phi) is 5.11. The SMILES string of the molecule is C#CCCCCNC1CC(c2ccc(Cl)cc2)C1. The number of rotatable bonds is 6. The first-order chi connectivity index (χ1) is 8.79. The molecule has 0 aromatic heterocycles. The lowest BCUT2D eigenvalue weighted by atomic mass is 9.76. The van der Waals surface area contributed by atoms with Crippen LogP contribution in [0.5, 0.6) is 0 Å². The van der Waals surface area contributed by atoms with Crippen molar-refractivity contribution in [2.75, 3.05) is 6.54 Å². The summed E-state index contributed by atoms with van der Waals surface area (Å²) < 4.78 is 0. The van der Waals surface area contributed by atoms with Crippen LogP contribution >= 0.6 is 11.6 Å². The van der Waals surface area contributed by atoms with E-state index in [4.69, 9.17) is 18.0 Å². The normalized spacial score (nSPS) is 22.2. The van der Waals surface area contributed by atoms with Gasteiger partial charge in [0.25, 0.3) is 0 Å². The Hall–Kier alpha value is -0.970. The van der Waals surface area contributed by atoms with Crippen molar-refractivity contribution in [2.24, 2.45) is 0 Å². The number of halogens is 1. The topological polar surface area (TPSA) is 12.0 Å². The van der Waals surface area contributed by atoms with E-state index in [2.05, 4.69) is 23.4 Å². The first kappa shape index (κ1) is 13.5. The van der Waals surface area contributed by atoms with Crippen molar-refractivity contribution >= 4 is 11.6 Å². The van der Waals surface area contributed by atoms with Crippen molar-refractivity contribution in [1.82, 2.24) is 5.32 Å². The Morgan fingerprint density at radius 1 is 1.22 bits per heavy atom. The molecule has 18 heavy (non-hydrogen) atoms. The van der Waals surface area contributed by atoms with Crippen LogP contribution in [0.1, 0.15) is 43.6 Å². The fraction of sp³-hybridized carbons (Fsp3) is 0.500. The summed E-state index contributed by atoms with van der Waals surface area (Å²) in [6, 6.07) is 8.96. The molecule has 0 spiro atoms. The van der Waals surface area contributed by atoms with E-state index in [1.165, 1.54) is 24.8 Å². The van der Waals surface area contributed by atoms with Crippen LogP contribution in [0.2, 0.25) is 5.02 Å². The van der Waals surface area contributed by atoms with Crippen molar-refractivity contribution in [1.29, 1.82) is 0 Å². The lowest BCUT2D eigenvalue weighted by molar-refractivity contribution is 0.290. The third kappa shape index (κ3) is 3.77. The summed E-state index contributed by atoms with van der Waals surface area (Å²) in [5.74, 6) is 3.39. The molecule has 1 saturated carbocycles. The van der Waals surface area contributed by atoms with Crippen LogP contribution in [-0.2, 0) is 0 Å². The zero-order chi connectivity index (χ0) is 12.8. The molecular formula is C16H20ClN. The minimum atomic E-state index is 0.691. The third-order valence-electron chi connectivity index (χ3n) is 3.66. The maximum Gasteiger partial charge on any atom is 0.0406 e. The number of unbranched alkanes of at least 4 members (excludes halogenated alkanes) is 2. The van der Waals surface area contributed by atoms with E-state index < -0.39 is 0 Å². The van der Waals surface area contributed by atoms with Gasteiger partial charge < -0.3 is 5.32 Å². The second-order valence-corrected chi connectivity index (χ2v) is 5.47. The van der Waals surface area contributed by atoms with Crippen molar-refractivity contribution < 1.29 is 0 Å². The zero-order valence-corrected chi connectivity index (χ0v) is 11.4. The smallest absolute Gasteiger partial charge is 0.0406 e. The second kappa shape index (κ2) is 6.83. The van der Waals surface area contributed by atoms with Gasteiger partial charge in [-0.25, -0.2) is 0 Å². The van der Waals surface area contributed by atoms with Gasteiger partial charge in [-0.05, 0) is 55.8 Å². The number of hydrogen-bond acceptors (Lipinski definition) is 1. The van der Waals surface area contributed by atoms with Crippen LogP contribution < -0.4 is 5.32 Å². The predicted octanol–water partition coefficient (Wildman–Crippen LogP) is 3.98. The van der Waals surface area contributed by atoms with Crippen LogP contribution in [-0.4, -0.2) is 12.6 Å². The minimum Gasteiger partial charge on any atom is -0.314 e. The number of nitrogens with one attached hydrogen (secondary N) is 1. The molecule has 1 aromatic carbocycles. The summed E-state index contributed by atoms with van der Waals surface area (Å²) in [5, 5.41) is 4.42. The summed E-state index contributed by atoms with van der Waals surface area (Å²) in [6.07, 6.45) is 10.9. The van der Waals surface area contributed by atoms with Crippen LogP contribution in [0, 0.1) is 12.3 Å². The molecule has 1 nitrogen and oxygen atoms in total. The Labute approximate surface area is 115 Å². The van der Waals surface area contributed by atoms with Crippen LogP contribution in [0.25, 0.3) is 0 Å². The molecule has 1 aliphatic rings. The van der Waals surface area contributed by atoms with E-state index in [1.807, 2.05) is 12.1 Å². The molecule has 0 heterocycles. The fourth-order valence-electron chi connectivity index (χ4n) is 2.45. The van der Waals surface area contributed by atoms with Gasteiger partial charge in [-0.15, -0.1) is 12.3 Å². The van der Waals surface area contributed by atoms with E-state index in [-0.39, 0.29) is 0 Å². The lowest BCUT2D eigenvalue weighted by Crippen LogP contribution is -2.40. The molecule has 2 heteroatoms. The molecule has 0 bridgehead atoms. The molecule has 1 aliphatic carbocycles. The molecule has 0 amide bonds. The Balaban J connectivity index is 1.62. The fourth-order valence-corrected chi connectivity index (χ4v) is 2.58. The van der Waals surface area contributed by atoms with Gasteiger partial charge in [-0.2, -0.15) is 0 Å². The van der Waals surface area contributed by atoms with E-state index in [0.717, 1.165) is 24.4 Å². The molecule has 2 rings (SSSR count). The average Bonchev–Trinajstić information content (AvgIpc) is 2.33. The van der Waals surface area contributed by atoms with Crippen LogP contribution in [0.15, 0.2) is 24.3 Å². The quantitative estimate of drug-likeness (QED) is 0.603. The minimum absolute atomic E-state index is 0.691. The summed E-state index contributed by atoms with van der Waals surface area (Å²) in [6.45, 7) is 1.10. The molecule has 0 saturated heterocycles. The molecular weight excluding hydrogens is 242 g/mol. The Morgan fingerprint density at radius 3 is 2.61 bits per heavy atom. The van der Waals surface area contributed by atoms with Gasteiger partial charge in [-0.1, -0.05) is 23.7 Å². The maximum atomic E-state index is 5.89. The summed E-state index contributed by atoms with van der Waals surface area (Å²) in [4.78, 5) is 0. The Morgan fingerprint density at radius 2 is 1.94 bits per heavy atom. The lowest BCUT2D eigenvalue weighted by Gasteiger charge is -2.36. The predicted molar refractivity (Wildman–Crippen MR) is 77.9 cm³/mol. The highest BCUT2D eigenvalue weighted by Gasteiger charge is 2.29. The number of hydrogen-bond donors (Lipinski definition) is 1. The number of benzene rings is 1. The van der Waals surface area contributed by atoms with Crippen molar-refractivity contribution in [3.8, 4) is 12.3 Å². The molecule has 0 radical (unpaired) electrons. The first-order valence-corrected chi connectivity index (χ1v) is 7.09. The van der Waals surface area contributed by atoms with Crippen molar-refractivity contribution in [2.45, 2.75) is 44.1 Å². The molecule has 0 unspecified atom stereocenters. The standard InChI is InChI=1S/C16H20ClN/c1-2-3-4-5-10-18-16-11-14(12-16)13-6-8-15(17)9-7-13/h1,6-9,14,16,18H,3-5,10-12H2. The van der Waals surface area contributed by atoms with Crippen LogP contribution in [0.3, 0.4) is 0 Å². The van der Waals surface area contributed by atoms with Gasteiger partial charge in [-0.3, -0.25) is 0 Å². The van der Waals surface area contributed by atoms with Gasteiger partial charge in [0, 0.05) is 17.5 Å². The van der Waals surface area contributed by atoms with Gasteiger partial charge in [0.15, 0.2) is 0 Å². The van der Waals surface area contributed by atoms with E-state index in [9.17, 15) is 0 Å². The summed E-state index contributed by atoms with van der Waals surface area (Å²) in [5.41, 5.74) is 1.42. The van der Waals surface area contributed by atoms with E-state index in [0.29, 0.717) is 12.0 Å².